The van der Waals surface area contributed by atoms with Gasteiger partial charge in [-0.3, -0.25) is 4.99 Å². The van der Waals surface area contributed by atoms with Gasteiger partial charge in [0.1, 0.15) is 22.9 Å². The first-order valence-corrected chi connectivity index (χ1v) is 8.16. The van der Waals surface area contributed by atoms with Crippen LogP contribution in [0.3, 0.4) is 0 Å². The van der Waals surface area contributed by atoms with Crippen LogP contribution in [0.1, 0.15) is 30.2 Å². The highest BCUT2D eigenvalue weighted by atomic mass is 16.3. The van der Waals surface area contributed by atoms with Crippen LogP contribution in [-0.2, 0) is 6.42 Å². The Morgan fingerprint density at radius 1 is 1.17 bits per heavy atom. The summed E-state index contributed by atoms with van der Waals surface area (Å²) in [6.07, 6.45) is 0.795. The largest absolute Gasteiger partial charge is 0.464 e. The van der Waals surface area contributed by atoms with E-state index in [0.29, 0.717) is 0 Å². The number of nitrogens with zero attached hydrogens (tertiary/aromatic N) is 1. The van der Waals surface area contributed by atoms with Crippen molar-refractivity contribution in [3.8, 4) is 0 Å². The fourth-order valence-corrected chi connectivity index (χ4v) is 2.62. The minimum Gasteiger partial charge on any atom is -0.464 e. The van der Waals surface area contributed by atoms with E-state index in [4.69, 9.17) is 8.83 Å². The maximum absolute atomic E-state index is 5.82. The molecule has 1 unspecified atom stereocenters. The zero-order valence-corrected chi connectivity index (χ0v) is 14.3. The molecule has 0 aliphatic heterocycles. The number of benzene rings is 1. The van der Waals surface area contributed by atoms with E-state index in [1.54, 1.807) is 7.05 Å². The van der Waals surface area contributed by atoms with Crippen molar-refractivity contribution in [1.29, 1.82) is 0 Å². The van der Waals surface area contributed by atoms with Crippen molar-refractivity contribution < 1.29 is 8.83 Å². The van der Waals surface area contributed by atoms with Gasteiger partial charge in [0.2, 0.25) is 0 Å². The second-order valence-electron chi connectivity index (χ2n) is 5.81. The Labute approximate surface area is 141 Å². The summed E-state index contributed by atoms with van der Waals surface area (Å²) >= 11 is 0. The quantitative estimate of drug-likeness (QED) is 0.553. The minimum atomic E-state index is 0.0519. The molecule has 0 saturated heterocycles. The Bertz CT molecular complexity index is 799. The van der Waals surface area contributed by atoms with Crippen LogP contribution in [0.15, 0.2) is 56.3 Å². The van der Waals surface area contributed by atoms with Gasteiger partial charge in [-0.1, -0.05) is 18.2 Å². The van der Waals surface area contributed by atoms with Crippen molar-refractivity contribution in [2.75, 3.05) is 13.6 Å². The fourth-order valence-electron chi connectivity index (χ4n) is 2.62. The lowest BCUT2D eigenvalue weighted by molar-refractivity contribution is 0.441. The van der Waals surface area contributed by atoms with E-state index >= 15 is 0 Å². The molecule has 0 radical (unpaired) electrons. The zero-order valence-electron chi connectivity index (χ0n) is 14.3. The monoisotopic (exact) mass is 325 g/mol. The first kappa shape index (κ1) is 16.2. The number of aryl methyl sites for hydroxylation is 1. The lowest BCUT2D eigenvalue weighted by Crippen LogP contribution is -2.39. The highest BCUT2D eigenvalue weighted by Gasteiger charge is 2.11. The van der Waals surface area contributed by atoms with E-state index < -0.39 is 0 Å². The molecule has 0 aliphatic carbocycles. The smallest absolute Gasteiger partial charge is 0.191 e. The average Bonchev–Trinajstić information content (AvgIpc) is 3.19. The summed E-state index contributed by atoms with van der Waals surface area (Å²) in [5.74, 6) is 3.51. The first-order valence-electron chi connectivity index (χ1n) is 8.16. The van der Waals surface area contributed by atoms with E-state index in [-0.39, 0.29) is 6.04 Å². The van der Waals surface area contributed by atoms with E-state index in [0.717, 1.165) is 47.2 Å². The number of hydrogen-bond donors (Lipinski definition) is 2. The van der Waals surface area contributed by atoms with Crippen molar-refractivity contribution in [3.63, 3.8) is 0 Å². The molecule has 1 atom stereocenters. The number of rotatable bonds is 5. The van der Waals surface area contributed by atoms with Crippen LogP contribution in [-0.4, -0.2) is 19.6 Å². The van der Waals surface area contributed by atoms with E-state index in [1.165, 1.54) is 0 Å². The number of guanidine groups is 1. The van der Waals surface area contributed by atoms with Crippen LogP contribution >= 0.6 is 0 Å². The molecular weight excluding hydrogens is 302 g/mol. The summed E-state index contributed by atoms with van der Waals surface area (Å²) in [5.41, 5.74) is 0.928. The van der Waals surface area contributed by atoms with Gasteiger partial charge >= 0.3 is 0 Å². The lowest BCUT2D eigenvalue weighted by Gasteiger charge is -2.16. The van der Waals surface area contributed by atoms with Gasteiger partial charge in [-0.15, -0.1) is 0 Å². The molecule has 0 fully saturated rings. The van der Waals surface area contributed by atoms with Crippen molar-refractivity contribution in [1.82, 2.24) is 10.6 Å². The number of furan rings is 2. The number of hydrogen-bond acceptors (Lipinski definition) is 3. The van der Waals surface area contributed by atoms with Crippen molar-refractivity contribution in [2.45, 2.75) is 26.3 Å². The van der Waals surface area contributed by atoms with Crippen LogP contribution < -0.4 is 10.6 Å². The second kappa shape index (κ2) is 7.25. The van der Waals surface area contributed by atoms with Crippen LogP contribution in [0.25, 0.3) is 11.0 Å². The van der Waals surface area contributed by atoms with Gasteiger partial charge in [0.15, 0.2) is 5.96 Å². The zero-order chi connectivity index (χ0) is 16.9. The molecule has 2 N–H and O–H groups in total. The molecule has 0 spiro atoms. The van der Waals surface area contributed by atoms with Gasteiger partial charge in [0.25, 0.3) is 0 Å². The molecule has 126 valence electrons. The van der Waals surface area contributed by atoms with E-state index in [2.05, 4.69) is 27.8 Å². The average molecular weight is 325 g/mol. The normalized spacial score (nSPS) is 13.2. The van der Waals surface area contributed by atoms with Gasteiger partial charge in [-0.2, -0.15) is 0 Å². The Hall–Kier alpha value is -2.69. The molecule has 0 bridgehead atoms. The molecule has 24 heavy (non-hydrogen) atoms. The summed E-state index contributed by atoms with van der Waals surface area (Å²) in [5, 5.41) is 7.77. The summed E-state index contributed by atoms with van der Waals surface area (Å²) in [4.78, 5) is 4.26. The number of nitrogens with one attached hydrogen (secondary N) is 2. The lowest BCUT2D eigenvalue weighted by atomic mass is 10.2. The minimum absolute atomic E-state index is 0.0519. The van der Waals surface area contributed by atoms with Crippen LogP contribution in [0.2, 0.25) is 0 Å². The molecule has 0 saturated carbocycles. The van der Waals surface area contributed by atoms with Crippen molar-refractivity contribution >= 4 is 16.9 Å². The summed E-state index contributed by atoms with van der Waals surface area (Å²) < 4.78 is 11.5. The van der Waals surface area contributed by atoms with Gasteiger partial charge in [0.05, 0.1) is 6.04 Å². The van der Waals surface area contributed by atoms with Crippen molar-refractivity contribution in [2.24, 2.45) is 4.99 Å². The second-order valence-corrected chi connectivity index (χ2v) is 5.81. The predicted octanol–water partition coefficient (Wildman–Crippen LogP) is 3.80. The summed E-state index contributed by atoms with van der Waals surface area (Å²) in [6.45, 7) is 4.73. The molecule has 2 aromatic heterocycles. The molecular formula is C19H23N3O2. The first-order chi connectivity index (χ1) is 11.7. The molecule has 2 heterocycles. The van der Waals surface area contributed by atoms with Gasteiger partial charge in [-0.25, -0.2) is 0 Å². The van der Waals surface area contributed by atoms with Crippen LogP contribution in [0, 0.1) is 6.92 Å². The van der Waals surface area contributed by atoms with Crippen molar-refractivity contribution in [3.05, 3.63) is 59.7 Å². The Morgan fingerprint density at radius 3 is 2.71 bits per heavy atom. The summed E-state index contributed by atoms with van der Waals surface area (Å²) in [6, 6.07) is 14.1. The Balaban J connectivity index is 1.52. The number of para-hydroxylation sites is 1. The SMILES string of the molecule is CN=C(NCCc1cc2ccccc2o1)NC(C)c1ccc(C)o1. The fraction of sp³-hybridized carbons (Fsp3) is 0.316. The highest BCUT2D eigenvalue weighted by Crippen LogP contribution is 2.19. The summed E-state index contributed by atoms with van der Waals surface area (Å²) in [7, 11) is 1.76. The molecule has 0 aliphatic rings. The molecule has 0 amide bonds. The number of fused-ring (bicyclic) bond motifs is 1. The van der Waals surface area contributed by atoms with Gasteiger partial charge < -0.3 is 19.5 Å². The topological polar surface area (TPSA) is 62.7 Å². The molecule has 5 nitrogen and oxygen atoms in total. The number of aliphatic imine (C=N–C) groups is 1. The molecule has 1 aromatic carbocycles. The Kier molecular flexibility index (Phi) is 4.89. The van der Waals surface area contributed by atoms with Crippen LogP contribution in [0.5, 0.6) is 0 Å². The third-order valence-corrected chi connectivity index (χ3v) is 3.91. The maximum Gasteiger partial charge on any atom is 0.191 e. The molecule has 5 heteroatoms. The van der Waals surface area contributed by atoms with Gasteiger partial charge in [0, 0.05) is 25.4 Å². The Morgan fingerprint density at radius 2 is 2.00 bits per heavy atom. The highest BCUT2D eigenvalue weighted by molar-refractivity contribution is 5.80. The van der Waals surface area contributed by atoms with E-state index in [1.807, 2.05) is 44.2 Å². The van der Waals surface area contributed by atoms with Crippen LogP contribution in [0.4, 0.5) is 0 Å². The standard InChI is InChI=1S/C19H23N3O2/c1-13-8-9-17(23-13)14(2)22-19(20-3)21-11-10-16-12-15-6-4-5-7-18(15)24-16/h4-9,12,14H,10-11H2,1-3H3,(H2,20,21,22). The van der Waals surface area contributed by atoms with E-state index in [9.17, 15) is 0 Å². The third kappa shape index (κ3) is 3.79. The molecule has 3 aromatic rings. The maximum atomic E-state index is 5.82. The predicted molar refractivity (Wildman–Crippen MR) is 96.3 cm³/mol. The molecule has 3 rings (SSSR count). The van der Waals surface area contributed by atoms with Gasteiger partial charge in [-0.05, 0) is 38.1 Å². The third-order valence-electron chi connectivity index (χ3n) is 3.91.